The predicted molar refractivity (Wildman–Crippen MR) is 69.1 cm³/mol. The summed E-state index contributed by atoms with van der Waals surface area (Å²) in [7, 11) is 0. The zero-order valence-corrected chi connectivity index (χ0v) is 10.7. The first-order chi connectivity index (χ1) is 8.06. The van der Waals surface area contributed by atoms with Gasteiger partial charge >= 0.3 is 0 Å². The summed E-state index contributed by atoms with van der Waals surface area (Å²) in [4.78, 5) is 22.3. The molecule has 0 aliphatic carbocycles. The molecular formula is C14H19NO2. The summed E-state index contributed by atoms with van der Waals surface area (Å²) in [5, 5.41) is 2.74. The summed E-state index contributed by atoms with van der Waals surface area (Å²) in [6, 6.07) is 5.90. The Labute approximate surface area is 102 Å². The van der Waals surface area contributed by atoms with Crippen molar-refractivity contribution in [1.29, 1.82) is 0 Å². The van der Waals surface area contributed by atoms with Gasteiger partial charge in [-0.3, -0.25) is 9.59 Å². The van der Waals surface area contributed by atoms with Crippen molar-refractivity contribution in [2.75, 3.05) is 5.32 Å². The molecule has 0 aromatic heterocycles. The molecule has 1 aromatic carbocycles. The number of carbonyl (C=O) groups excluding carboxylic acids is 2. The van der Waals surface area contributed by atoms with E-state index in [9.17, 15) is 9.59 Å². The fourth-order valence-corrected chi connectivity index (χ4v) is 1.81. The Morgan fingerprint density at radius 2 is 1.76 bits per heavy atom. The Hall–Kier alpha value is -1.64. The number of rotatable bonds is 5. The Morgan fingerprint density at radius 1 is 1.12 bits per heavy atom. The van der Waals surface area contributed by atoms with Crippen LogP contribution in [0.1, 0.15) is 38.3 Å². The minimum absolute atomic E-state index is 0.0585. The van der Waals surface area contributed by atoms with Gasteiger partial charge in [-0.25, -0.2) is 0 Å². The van der Waals surface area contributed by atoms with Crippen LogP contribution in [-0.4, -0.2) is 11.7 Å². The number of hydrogen-bond donors (Lipinski definition) is 1. The highest BCUT2D eigenvalue weighted by Crippen LogP contribution is 2.17. The summed E-state index contributed by atoms with van der Waals surface area (Å²) in [5.74, 6) is -0.368. The van der Waals surface area contributed by atoms with E-state index in [1.54, 1.807) is 0 Å². The first kappa shape index (κ1) is 13.4. The summed E-state index contributed by atoms with van der Waals surface area (Å²) in [6.07, 6.45) is 1.88. The topological polar surface area (TPSA) is 46.2 Å². The molecule has 0 aliphatic heterocycles. The predicted octanol–water partition coefficient (Wildman–Crippen LogP) is 2.73. The standard InChI is InChI=1S/C14H19NO2/c1-4-11-6-7-13(9-12(11)5-2)15-14(17)8-10(3)16/h6-7,9H,4-5,8H2,1-3H3,(H,15,17). The lowest BCUT2D eigenvalue weighted by Crippen LogP contribution is -2.15. The lowest BCUT2D eigenvalue weighted by atomic mass is 10.0. The van der Waals surface area contributed by atoms with Crippen LogP contribution in [0.3, 0.4) is 0 Å². The third-order valence-electron chi connectivity index (χ3n) is 2.66. The summed E-state index contributed by atoms with van der Waals surface area (Å²) < 4.78 is 0. The van der Waals surface area contributed by atoms with Crippen LogP contribution in [0.5, 0.6) is 0 Å². The van der Waals surface area contributed by atoms with Crippen LogP contribution in [-0.2, 0) is 22.4 Å². The highest BCUT2D eigenvalue weighted by atomic mass is 16.2. The number of amides is 1. The molecule has 0 saturated heterocycles. The van der Waals surface area contributed by atoms with Gasteiger partial charge in [-0.2, -0.15) is 0 Å². The van der Waals surface area contributed by atoms with E-state index in [4.69, 9.17) is 0 Å². The van der Waals surface area contributed by atoms with Crippen LogP contribution in [0.15, 0.2) is 18.2 Å². The average molecular weight is 233 g/mol. The van der Waals surface area contributed by atoms with E-state index in [-0.39, 0.29) is 18.1 Å². The smallest absolute Gasteiger partial charge is 0.231 e. The number of nitrogens with one attached hydrogen (secondary N) is 1. The first-order valence-corrected chi connectivity index (χ1v) is 5.97. The normalized spacial score (nSPS) is 10.1. The highest BCUT2D eigenvalue weighted by molar-refractivity contribution is 6.03. The fraction of sp³-hybridized carbons (Fsp3) is 0.429. The molecule has 1 rings (SSSR count). The van der Waals surface area contributed by atoms with Gasteiger partial charge in [0.15, 0.2) is 0 Å². The van der Waals surface area contributed by atoms with Crippen molar-refractivity contribution in [3.63, 3.8) is 0 Å². The molecule has 1 N–H and O–H groups in total. The first-order valence-electron chi connectivity index (χ1n) is 5.97. The van der Waals surface area contributed by atoms with Crippen molar-refractivity contribution in [3.05, 3.63) is 29.3 Å². The summed E-state index contributed by atoms with van der Waals surface area (Å²) in [6.45, 7) is 5.62. The van der Waals surface area contributed by atoms with E-state index in [1.165, 1.54) is 18.1 Å². The third-order valence-corrected chi connectivity index (χ3v) is 2.66. The van der Waals surface area contributed by atoms with Crippen molar-refractivity contribution in [1.82, 2.24) is 0 Å². The van der Waals surface area contributed by atoms with Crippen LogP contribution >= 0.6 is 0 Å². The number of anilines is 1. The molecule has 0 aliphatic rings. The van der Waals surface area contributed by atoms with E-state index >= 15 is 0 Å². The molecule has 3 heteroatoms. The monoisotopic (exact) mass is 233 g/mol. The zero-order valence-electron chi connectivity index (χ0n) is 10.7. The van der Waals surface area contributed by atoms with Gasteiger partial charge in [-0.1, -0.05) is 19.9 Å². The molecule has 0 saturated carbocycles. The molecule has 0 bridgehead atoms. The fourth-order valence-electron chi connectivity index (χ4n) is 1.81. The van der Waals surface area contributed by atoms with Crippen LogP contribution in [0.4, 0.5) is 5.69 Å². The second-order valence-corrected chi connectivity index (χ2v) is 4.12. The Kier molecular flexibility index (Phi) is 4.88. The summed E-state index contributed by atoms with van der Waals surface area (Å²) >= 11 is 0. The highest BCUT2D eigenvalue weighted by Gasteiger charge is 2.07. The SMILES string of the molecule is CCc1ccc(NC(=O)CC(C)=O)cc1CC. The van der Waals surface area contributed by atoms with Crippen molar-refractivity contribution in [2.24, 2.45) is 0 Å². The number of aryl methyl sites for hydroxylation is 2. The molecule has 3 nitrogen and oxygen atoms in total. The van der Waals surface area contributed by atoms with Crippen LogP contribution in [0.2, 0.25) is 0 Å². The minimum Gasteiger partial charge on any atom is -0.326 e. The van der Waals surface area contributed by atoms with Crippen molar-refractivity contribution in [3.8, 4) is 0 Å². The number of carbonyl (C=O) groups is 2. The van der Waals surface area contributed by atoms with E-state index < -0.39 is 0 Å². The van der Waals surface area contributed by atoms with E-state index in [0.717, 1.165) is 18.5 Å². The minimum atomic E-state index is -0.246. The number of benzene rings is 1. The summed E-state index contributed by atoms with van der Waals surface area (Å²) in [5.41, 5.74) is 3.32. The molecule has 17 heavy (non-hydrogen) atoms. The lowest BCUT2D eigenvalue weighted by Gasteiger charge is -2.09. The van der Waals surface area contributed by atoms with Crippen LogP contribution in [0, 0.1) is 0 Å². The number of hydrogen-bond acceptors (Lipinski definition) is 2. The van der Waals surface area contributed by atoms with E-state index in [2.05, 4.69) is 19.2 Å². The lowest BCUT2D eigenvalue weighted by molar-refractivity contribution is -0.124. The quantitative estimate of drug-likeness (QED) is 0.795. The Morgan fingerprint density at radius 3 is 2.29 bits per heavy atom. The second kappa shape index (κ2) is 6.18. The van der Waals surface area contributed by atoms with Crippen molar-refractivity contribution < 1.29 is 9.59 Å². The zero-order chi connectivity index (χ0) is 12.8. The van der Waals surface area contributed by atoms with Gasteiger partial charge in [0, 0.05) is 5.69 Å². The maximum atomic E-state index is 11.4. The van der Waals surface area contributed by atoms with Crippen molar-refractivity contribution >= 4 is 17.4 Å². The molecule has 0 fully saturated rings. The Balaban J connectivity index is 2.79. The maximum Gasteiger partial charge on any atom is 0.231 e. The van der Waals surface area contributed by atoms with Crippen molar-refractivity contribution in [2.45, 2.75) is 40.0 Å². The molecular weight excluding hydrogens is 214 g/mol. The molecule has 92 valence electrons. The van der Waals surface area contributed by atoms with Gasteiger partial charge in [-0.15, -0.1) is 0 Å². The molecule has 1 aromatic rings. The number of ketones is 1. The second-order valence-electron chi connectivity index (χ2n) is 4.12. The van der Waals surface area contributed by atoms with Gasteiger partial charge in [-0.05, 0) is 43.0 Å². The Bertz CT molecular complexity index is 424. The third kappa shape index (κ3) is 4.02. The molecule has 0 spiro atoms. The van der Waals surface area contributed by atoms with Gasteiger partial charge < -0.3 is 5.32 Å². The number of Topliss-reactive ketones (excluding diaryl/α,β-unsaturated/α-hetero) is 1. The molecule has 0 heterocycles. The van der Waals surface area contributed by atoms with Gasteiger partial charge in [0.25, 0.3) is 0 Å². The molecule has 0 unspecified atom stereocenters. The largest absolute Gasteiger partial charge is 0.326 e. The van der Waals surface area contributed by atoms with Gasteiger partial charge in [0.05, 0.1) is 6.42 Å². The molecule has 0 radical (unpaired) electrons. The van der Waals surface area contributed by atoms with Gasteiger partial charge in [0.1, 0.15) is 5.78 Å². The molecule has 1 amide bonds. The van der Waals surface area contributed by atoms with Crippen LogP contribution < -0.4 is 5.32 Å². The van der Waals surface area contributed by atoms with Crippen LogP contribution in [0.25, 0.3) is 0 Å². The molecule has 0 atom stereocenters. The van der Waals surface area contributed by atoms with Gasteiger partial charge in [0.2, 0.25) is 5.91 Å². The average Bonchev–Trinajstić information content (AvgIpc) is 2.27. The van der Waals surface area contributed by atoms with E-state index in [0.29, 0.717) is 0 Å². The maximum absolute atomic E-state index is 11.4. The van der Waals surface area contributed by atoms with E-state index in [1.807, 2.05) is 18.2 Å².